The molecule has 104 valence electrons. The third-order valence-corrected chi connectivity index (χ3v) is 3.18. The highest BCUT2D eigenvalue weighted by atomic mass is 79.9. The number of para-hydroxylation sites is 1. The summed E-state index contributed by atoms with van der Waals surface area (Å²) >= 11 is 3.40. The molecule has 0 saturated carbocycles. The van der Waals surface area contributed by atoms with Crippen LogP contribution < -0.4 is 9.47 Å². The molecule has 0 aliphatic rings. The maximum absolute atomic E-state index is 12.3. The third kappa shape index (κ3) is 3.39. The van der Waals surface area contributed by atoms with Crippen LogP contribution in [-0.4, -0.2) is 12.6 Å². The van der Waals surface area contributed by atoms with Crippen LogP contribution in [0.5, 0.6) is 11.5 Å². The quantitative estimate of drug-likeness (QED) is 0.615. The average molecular weight is 335 g/mol. The minimum atomic E-state index is -0.412. The van der Waals surface area contributed by atoms with Crippen LogP contribution in [0.2, 0.25) is 0 Å². The maximum Gasteiger partial charge on any atom is 0.347 e. The lowest BCUT2D eigenvalue weighted by Crippen LogP contribution is -2.12. The van der Waals surface area contributed by atoms with E-state index in [4.69, 9.17) is 9.47 Å². The fourth-order valence-corrected chi connectivity index (χ4v) is 2.44. The van der Waals surface area contributed by atoms with Crippen molar-refractivity contribution in [2.75, 3.05) is 6.61 Å². The zero-order valence-electron chi connectivity index (χ0n) is 11.4. The normalized spacial score (nSPS) is 10.2. The number of ether oxygens (including phenoxy) is 2. The van der Waals surface area contributed by atoms with Gasteiger partial charge in [0.1, 0.15) is 17.1 Å². The topological polar surface area (TPSA) is 35.5 Å². The summed E-state index contributed by atoms with van der Waals surface area (Å²) in [6, 6.07) is 12.6. The molecule has 0 atom stereocenters. The molecule has 0 aromatic heterocycles. The Bertz CT molecular complexity index is 609. The summed E-state index contributed by atoms with van der Waals surface area (Å²) in [5.74, 6) is 0.632. The Kier molecular flexibility index (Phi) is 4.79. The van der Waals surface area contributed by atoms with E-state index < -0.39 is 5.97 Å². The van der Waals surface area contributed by atoms with Gasteiger partial charge in [-0.05, 0) is 43.7 Å². The molecule has 0 aliphatic carbocycles. The van der Waals surface area contributed by atoms with E-state index in [1.54, 1.807) is 18.2 Å². The summed E-state index contributed by atoms with van der Waals surface area (Å²) in [7, 11) is 0. The number of halogens is 1. The molecule has 2 aromatic carbocycles. The molecule has 0 aliphatic heterocycles. The smallest absolute Gasteiger partial charge is 0.347 e. The molecule has 0 bridgehead atoms. The highest BCUT2D eigenvalue weighted by molar-refractivity contribution is 9.10. The second-order valence-electron chi connectivity index (χ2n) is 4.23. The SMILES string of the molecule is CCOc1cc(Br)cc(C)c1C(=O)Oc1ccccc1. The van der Waals surface area contributed by atoms with Gasteiger partial charge in [-0.3, -0.25) is 0 Å². The van der Waals surface area contributed by atoms with Gasteiger partial charge in [-0.15, -0.1) is 0 Å². The van der Waals surface area contributed by atoms with Crippen molar-refractivity contribution >= 4 is 21.9 Å². The van der Waals surface area contributed by atoms with Crippen molar-refractivity contribution < 1.29 is 14.3 Å². The molecule has 0 radical (unpaired) electrons. The summed E-state index contributed by atoms with van der Waals surface area (Å²) in [4.78, 5) is 12.3. The van der Waals surface area contributed by atoms with Gasteiger partial charge in [0.25, 0.3) is 0 Å². The Morgan fingerprint density at radius 3 is 2.55 bits per heavy atom. The molecule has 3 nitrogen and oxygen atoms in total. The Morgan fingerprint density at radius 1 is 1.20 bits per heavy atom. The first-order valence-corrected chi connectivity index (χ1v) is 7.11. The number of carbonyl (C=O) groups is 1. The molecule has 4 heteroatoms. The maximum atomic E-state index is 12.3. The summed E-state index contributed by atoms with van der Waals surface area (Å²) in [5, 5.41) is 0. The van der Waals surface area contributed by atoms with Crippen LogP contribution in [-0.2, 0) is 0 Å². The van der Waals surface area contributed by atoms with Gasteiger partial charge >= 0.3 is 5.97 Å². The van der Waals surface area contributed by atoms with Crippen molar-refractivity contribution in [3.63, 3.8) is 0 Å². The van der Waals surface area contributed by atoms with E-state index in [0.717, 1.165) is 10.0 Å². The lowest BCUT2D eigenvalue weighted by molar-refractivity contribution is 0.0729. The number of carbonyl (C=O) groups excluding carboxylic acids is 1. The zero-order valence-corrected chi connectivity index (χ0v) is 12.9. The van der Waals surface area contributed by atoms with Gasteiger partial charge in [0.15, 0.2) is 0 Å². The standard InChI is InChI=1S/C16H15BrO3/c1-3-19-14-10-12(17)9-11(2)15(14)16(18)20-13-7-5-4-6-8-13/h4-10H,3H2,1-2H3. The van der Waals surface area contributed by atoms with Gasteiger partial charge in [0.05, 0.1) is 6.61 Å². The van der Waals surface area contributed by atoms with Crippen molar-refractivity contribution in [2.24, 2.45) is 0 Å². The van der Waals surface area contributed by atoms with Crippen LogP contribution in [0.25, 0.3) is 0 Å². The Balaban J connectivity index is 2.33. The molecule has 0 heterocycles. The van der Waals surface area contributed by atoms with Gasteiger partial charge in [-0.2, -0.15) is 0 Å². The van der Waals surface area contributed by atoms with Crippen molar-refractivity contribution in [3.05, 3.63) is 58.1 Å². The fraction of sp³-hybridized carbons (Fsp3) is 0.188. The zero-order chi connectivity index (χ0) is 14.5. The average Bonchev–Trinajstić information content (AvgIpc) is 2.39. The molecule has 2 rings (SSSR count). The number of aryl methyl sites for hydroxylation is 1. The minimum Gasteiger partial charge on any atom is -0.493 e. The fourth-order valence-electron chi connectivity index (χ4n) is 1.89. The number of hydrogen-bond donors (Lipinski definition) is 0. The second-order valence-corrected chi connectivity index (χ2v) is 5.15. The first-order chi connectivity index (χ1) is 9.61. The van der Waals surface area contributed by atoms with Gasteiger partial charge in [0.2, 0.25) is 0 Å². The van der Waals surface area contributed by atoms with E-state index in [9.17, 15) is 4.79 Å². The van der Waals surface area contributed by atoms with Crippen LogP contribution in [0.1, 0.15) is 22.8 Å². The molecule has 0 amide bonds. The van der Waals surface area contributed by atoms with Gasteiger partial charge in [-0.25, -0.2) is 4.79 Å². The molecule has 0 N–H and O–H groups in total. The Labute approximate surface area is 126 Å². The highest BCUT2D eigenvalue weighted by Gasteiger charge is 2.18. The first kappa shape index (κ1) is 14.6. The molecule has 0 fully saturated rings. The summed E-state index contributed by atoms with van der Waals surface area (Å²) in [6.07, 6.45) is 0. The van der Waals surface area contributed by atoms with Crippen LogP contribution in [0.15, 0.2) is 46.9 Å². The van der Waals surface area contributed by atoms with Crippen molar-refractivity contribution in [2.45, 2.75) is 13.8 Å². The van der Waals surface area contributed by atoms with Crippen molar-refractivity contribution in [3.8, 4) is 11.5 Å². The molecule has 0 spiro atoms. The number of esters is 1. The summed E-state index contributed by atoms with van der Waals surface area (Å²) in [5.41, 5.74) is 1.27. The molecular weight excluding hydrogens is 320 g/mol. The van der Waals surface area contributed by atoms with Crippen LogP contribution in [0.4, 0.5) is 0 Å². The molecule has 0 unspecified atom stereocenters. The largest absolute Gasteiger partial charge is 0.493 e. The van der Waals surface area contributed by atoms with Crippen LogP contribution in [0, 0.1) is 6.92 Å². The number of hydrogen-bond acceptors (Lipinski definition) is 3. The van der Waals surface area contributed by atoms with Gasteiger partial charge < -0.3 is 9.47 Å². The summed E-state index contributed by atoms with van der Waals surface area (Å²) < 4.78 is 11.8. The third-order valence-electron chi connectivity index (χ3n) is 2.72. The highest BCUT2D eigenvalue weighted by Crippen LogP contribution is 2.28. The number of rotatable bonds is 4. The van der Waals surface area contributed by atoms with Crippen molar-refractivity contribution in [1.29, 1.82) is 0 Å². The van der Waals surface area contributed by atoms with Crippen LogP contribution in [0.3, 0.4) is 0 Å². The van der Waals surface area contributed by atoms with E-state index in [2.05, 4.69) is 15.9 Å². The number of benzene rings is 2. The molecular formula is C16H15BrO3. The molecule has 0 saturated heterocycles. The predicted molar refractivity (Wildman–Crippen MR) is 81.4 cm³/mol. The van der Waals surface area contributed by atoms with Gasteiger partial charge in [-0.1, -0.05) is 34.1 Å². The van der Waals surface area contributed by atoms with E-state index in [0.29, 0.717) is 23.7 Å². The minimum absolute atomic E-state index is 0.412. The van der Waals surface area contributed by atoms with Gasteiger partial charge in [0, 0.05) is 4.47 Å². The Morgan fingerprint density at radius 2 is 1.90 bits per heavy atom. The van der Waals surface area contributed by atoms with E-state index >= 15 is 0 Å². The second kappa shape index (κ2) is 6.57. The van der Waals surface area contributed by atoms with E-state index in [-0.39, 0.29) is 0 Å². The summed E-state index contributed by atoms with van der Waals surface area (Å²) in [6.45, 7) is 4.22. The lowest BCUT2D eigenvalue weighted by atomic mass is 10.1. The van der Waals surface area contributed by atoms with Crippen LogP contribution >= 0.6 is 15.9 Å². The monoisotopic (exact) mass is 334 g/mol. The van der Waals surface area contributed by atoms with Crippen molar-refractivity contribution in [1.82, 2.24) is 0 Å². The first-order valence-electron chi connectivity index (χ1n) is 6.32. The van der Waals surface area contributed by atoms with E-state index in [1.165, 1.54) is 0 Å². The van der Waals surface area contributed by atoms with E-state index in [1.807, 2.05) is 38.1 Å². The molecule has 20 heavy (non-hydrogen) atoms. The predicted octanol–water partition coefficient (Wildman–Crippen LogP) is 4.38. The Hall–Kier alpha value is -1.81. The lowest BCUT2D eigenvalue weighted by Gasteiger charge is -2.13. The molecule has 2 aromatic rings.